The van der Waals surface area contributed by atoms with E-state index in [4.69, 9.17) is 9.32 Å². The van der Waals surface area contributed by atoms with Crippen LogP contribution in [0.4, 0.5) is 14.5 Å². The lowest BCUT2D eigenvalue weighted by Gasteiger charge is -2.13. The number of rotatable bonds is 5. The first-order valence-electron chi connectivity index (χ1n) is 10.9. The van der Waals surface area contributed by atoms with E-state index in [1.165, 1.54) is 18.2 Å². The quantitative estimate of drug-likeness (QED) is 0.414. The van der Waals surface area contributed by atoms with Gasteiger partial charge in [-0.25, -0.2) is 13.8 Å². The summed E-state index contributed by atoms with van der Waals surface area (Å²) in [4.78, 5) is 31.9. The summed E-state index contributed by atoms with van der Waals surface area (Å²) in [5.41, 5.74) is 3.10. The third kappa shape index (κ3) is 5.23. The number of halogens is 2. The fourth-order valence-corrected chi connectivity index (χ4v) is 3.92. The number of carbonyl (C=O) groups excluding carboxylic acids is 2. The Bertz CT molecular complexity index is 1390. The van der Waals surface area contributed by atoms with E-state index >= 15 is 0 Å². The van der Waals surface area contributed by atoms with Gasteiger partial charge < -0.3 is 14.6 Å². The average Bonchev–Trinajstić information content (AvgIpc) is 3.57. The van der Waals surface area contributed by atoms with Gasteiger partial charge >= 0.3 is 0 Å². The van der Waals surface area contributed by atoms with Crippen molar-refractivity contribution in [2.24, 2.45) is 0 Å². The summed E-state index contributed by atoms with van der Waals surface area (Å²) in [5, 5.41) is 6.87. The fourth-order valence-electron chi connectivity index (χ4n) is 3.92. The molecule has 0 bridgehead atoms. The van der Waals surface area contributed by atoms with Crippen LogP contribution in [0, 0.1) is 6.92 Å². The molecular formula is C24H24F2N6O4. The molecule has 1 atom stereocenters. The number of methoxy groups -OCH3 is 1. The number of alkyl halides is 2. The summed E-state index contributed by atoms with van der Waals surface area (Å²) >= 11 is 0. The number of ether oxygens (including phenoxy) is 1. The number of amides is 1. The van der Waals surface area contributed by atoms with Crippen LogP contribution in [0.3, 0.4) is 0 Å². The largest absolute Gasteiger partial charge is 0.471 e. The number of fused-ring (bicyclic) bond motifs is 1. The smallest absolute Gasteiger partial charge is 0.292 e. The zero-order valence-corrected chi connectivity index (χ0v) is 19.8. The van der Waals surface area contributed by atoms with Gasteiger partial charge in [0.1, 0.15) is 11.3 Å². The molecule has 188 valence electrons. The molecule has 1 aromatic carbocycles. The average molecular weight is 498 g/mol. The maximum Gasteiger partial charge on any atom is 0.292 e. The van der Waals surface area contributed by atoms with Crippen molar-refractivity contribution < 1.29 is 27.6 Å². The third-order valence-corrected chi connectivity index (χ3v) is 5.72. The summed E-state index contributed by atoms with van der Waals surface area (Å²) in [7, 11) is 2.92. The Kier molecular flexibility index (Phi) is 7.06. The Morgan fingerprint density at radius 1 is 1.31 bits per heavy atom. The molecule has 0 spiro atoms. The Labute approximate surface area is 204 Å². The molecule has 4 heterocycles. The summed E-state index contributed by atoms with van der Waals surface area (Å²) in [6, 6.07) is 10.2. The number of aromatic nitrogens is 4. The van der Waals surface area contributed by atoms with Crippen molar-refractivity contribution in [3.05, 3.63) is 65.9 Å². The van der Waals surface area contributed by atoms with Crippen LogP contribution < -0.4 is 5.32 Å². The van der Waals surface area contributed by atoms with Gasteiger partial charge in [-0.15, -0.1) is 0 Å². The van der Waals surface area contributed by atoms with Crippen LogP contribution in [0.25, 0.3) is 17.0 Å². The highest BCUT2D eigenvalue weighted by Gasteiger charge is 2.46. The molecule has 0 aliphatic carbocycles. The molecule has 0 radical (unpaired) electrons. The molecule has 4 aromatic rings. The number of carbonyl (C=O) groups is 2. The molecule has 5 rings (SSSR count). The molecular weight excluding hydrogens is 474 g/mol. The van der Waals surface area contributed by atoms with Crippen LogP contribution >= 0.6 is 0 Å². The first-order chi connectivity index (χ1) is 17.2. The Morgan fingerprint density at radius 2 is 2.08 bits per heavy atom. The Balaban J connectivity index is 0.000000709. The lowest BCUT2D eigenvalue weighted by atomic mass is 10.1. The van der Waals surface area contributed by atoms with Gasteiger partial charge in [0.2, 0.25) is 11.7 Å². The number of benzene rings is 1. The summed E-state index contributed by atoms with van der Waals surface area (Å²) in [6.07, 6.45) is 2.92. The Hall–Kier alpha value is -4.19. The SMILES string of the molecule is COC=O.Cc1ccc(-c2noc(C3CC(F)(F)CN3C)n2)cc1NC(=O)c1cnc2ccccn12. The Morgan fingerprint density at radius 3 is 2.78 bits per heavy atom. The number of hydrogen-bond donors (Lipinski definition) is 1. The second-order valence-electron chi connectivity index (χ2n) is 8.34. The van der Waals surface area contributed by atoms with Gasteiger partial charge in [-0.05, 0) is 37.7 Å². The third-order valence-electron chi connectivity index (χ3n) is 5.72. The molecule has 1 amide bonds. The molecule has 10 nitrogen and oxygen atoms in total. The van der Waals surface area contributed by atoms with Crippen molar-refractivity contribution in [1.29, 1.82) is 0 Å². The van der Waals surface area contributed by atoms with Gasteiger partial charge in [0.25, 0.3) is 18.3 Å². The van der Waals surface area contributed by atoms with Crippen molar-refractivity contribution in [2.45, 2.75) is 25.3 Å². The highest BCUT2D eigenvalue weighted by atomic mass is 19.3. The first kappa shape index (κ1) is 24.9. The van der Waals surface area contributed by atoms with Crippen LogP contribution in [-0.4, -0.2) is 63.4 Å². The minimum Gasteiger partial charge on any atom is -0.471 e. The number of pyridine rings is 1. The number of nitrogens with one attached hydrogen (secondary N) is 1. The minimum atomic E-state index is -2.78. The second kappa shape index (κ2) is 10.2. The van der Waals surface area contributed by atoms with E-state index in [1.807, 2.05) is 31.2 Å². The van der Waals surface area contributed by atoms with Gasteiger partial charge in [0, 0.05) is 23.9 Å². The highest BCUT2D eigenvalue weighted by molar-refractivity contribution is 6.04. The lowest BCUT2D eigenvalue weighted by molar-refractivity contribution is -0.126. The van der Waals surface area contributed by atoms with E-state index in [-0.39, 0.29) is 30.6 Å². The molecule has 1 fully saturated rings. The first-order valence-corrected chi connectivity index (χ1v) is 10.9. The highest BCUT2D eigenvalue weighted by Crippen LogP contribution is 2.39. The van der Waals surface area contributed by atoms with Crippen LogP contribution in [0.5, 0.6) is 0 Å². The number of hydrogen-bond acceptors (Lipinski definition) is 8. The van der Waals surface area contributed by atoms with Crippen molar-refractivity contribution in [3.8, 4) is 11.4 Å². The molecule has 1 unspecified atom stereocenters. The van der Waals surface area contributed by atoms with Gasteiger partial charge in [0.05, 0.1) is 25.9 Å². The predicted molar refractivity (Wildman–Crippen MR) is 126 cm³/mol. The minimum absolute atomic E-state index is 0.150. The number of likely N-dealkylation sites (tertiary alicyclic amines) is 1. The van der Waals surface area contributed by atoms with Crippen molar-refractivity contribution in [3.63, 3.8) is 0 Å². The molecule has 1 aliphatic rings. The number of anilines is 1. The topological polar surface area (TPSA) is 115 Å². The molecule has 0 saturated carbocycles. The van der Waals surface area contributed by atoms with Gasteiger partial charge in [-0.3, -0.25) is 18.9 Å². The number of nitrogens with zero attached hydrogens (tertiary/aromatic N) is 5. The van der Waals surface area contributed by atoms with Gasteiger partial charge in [-0.2, -0.15) is 4.98 Å². The molecule has 3 aromatic heterocycles. The van der Waals surface area contributed by atoms with Gasteiger partial charge in [-0.1, -0.05) is 23.4 Å². The summed E-state index contributed by atoms with van der Waals surface area (Å²) in [5.74, 6) is -2.68. The molecule has 36 heavy (non-hydrogen) atoms. The summed E-state index contributed by atoms with van der Waals surface area (Å²) < 4.78 is 38.3. The van der Waals surface area contributed by atoms with Crippen molar-refractivity contribution in [1.82, 2.24) is 24.4 Å². The summed E-state index contributed by atoms with van der Waals surface area (Å²) in [6.45, 7) is 1.89. The van der Waals surface area contributed by atoms with Crippen LogP contribution in [0.15, 0.2) is 53.3 Å². The standard InChI is InChI=1S/C22H20F2N6O2.C2H4O2/c1-13-6-7-14(19-27-21(32-28-19)16-10-22(23,24)12-29(16)2)9-15(13)26-20(31)17-11-25-18-5-3-4-8-30(17)18;1-4-2-3/h3-9,11,16H,10,12H2,1-2H3,(H,26,31);2H,1H3. The van der Waals surface area contributed by atoms with E-state index in [2.05, 4.69) is 25.2 Å². The maximum absolute atomic E-state index is 13.7. The number of aryl methyl sites for hydroxylation is 1. The normalized spacial score (nSPS) is 16.9. The second-order valence-corrected chi connectivity index (χ2v) is 8.34. The van der Waals surface area contributed by atoms with Gasteiger partial charge in [0.15, 0.2) is 0 Å². The van der Waals surface area contributed by atoms with E-state index < -0.39 is 12.0 Å². The monoisotopic (exact) mass is 498 g/mol. The molecule has 1 aliphatic heterocycles. The fraction of sp³-hybridized carbons (Fsp3) is 0.292. The number of imidazole rings is 1. The van der Waals surface area contributed by atoms with E-state index in [0.717, 1.165) is 5.56 Å². The van der Waals surface area contributed by atoms with Crippen LogP contribution in [-0.2, 0) is 9.53 Å². The predicted octanol–water partition coefficient (Wildman–Crippen LogP) is 3.75. The van der Waals surface area contributed by atoms with Crippen LogP contribution in [0.1, 0.15) is 34.4 Å². The maximum atomic E-state index is 13.7. The van der Waals surface area contributed by atoms with Crippen molar-refractivity contribution in [2.75, 3.05) is 26.0 Å². The van der Waals surface area contributed by atoms with E-state index in [0.29, 0.717) is 29.1 Å². The zero-order valence-electron chi connectivity index (χ0n) is 19.8. The lowest BCUT2D eigenvalue weighted by Crippen LogP contribution is -2.22. The van der Waals surface area contributed by atoms with Crippen molar-refractivity contribution >= 4 is 23.7 Å². The zero-order chi connectivity index (χ0) is 25.9. The molecule has 1 N–H and O–H groups in total. The van der Waals surface area contributed by atoms with E-state index in [1.54, 1.807) is 29.8 Å². The molecule has 12 heteroatoms. The van der Waals surface area contributed by atoms with Crippen LogP contribution in [0.2, 0.25) is 0 Å². The van der Waals surface area contributed by atoms with E-state index in [9.17, 15) is 13.6 Å². The molecule has 1 saturated heterocycles.